The van der Waals surface area contributed by atoms with Crippen LogP contribution >= 0.6 is 0 Å². The first-order valence-electron chi connectivity index (χ1n) is 5.16. The van der Waals surface area contributed by atoms with Crippen molar-refractivity contribution < 1.29 is 13.9 Å². The Morgan fingerprint density at radius 3 is 2.93 bits per heavy atom. The summed E-state index contributed by atoms with van der Waals surface area (Å²) in [6, 6.07) is 0. The predicted octanol–water partition coefficient (Wildman–Crippen LogP) is 2.36. The van der Waals surface area contributed by atoms with Gasteiger partial charge in [-0.1, -0.05) is 13.8 Å². The monoisotopic (exact) mass is 209 g/mol. The summed E-state index contributed by atoms with van der Waals surface area (Å²) in [5.41, 5.74) is 0.563. The van der Waals surface area contributed by atoms with Crippen LogP contribution in [0, 0.1) is 5.41 Å². The number of carbonyl (C=O) groups excluding carboxylic acids is 1. The largest absolute Gasteiger partial charge is 0.461 e. The van der Waals surface area contributed by atoms with Gasteiger partial charge in [-0.2, -0.15) is 0 Å². The van der Waals surface area contributed by atoms with E-state index >= 15 is 0 Å². The number of hydrogen-bond donors (Lipinski definition) is 0. The maximum Gasteiger partial charge on any atom is 0.360 e. The Bertz CT molecular complexity index is 381. The van der Waals surface area contributed by atoms with Crippen molar-refractivity contribution in [1.29, 1.82) is 0 Å². The molecule has 0 saturated heterocycles. The summed E-state index contributed by atoms with van der Waals surface area (Å²) in [6.45, 7) is 6.43. The van der Waals surface area contributed by atoms with Crippen molar-refractivity contribution >= 4 is 5.97 Å². The summed E-state index contributed by atoms with van der Waals surface area (Å²) in [7, 11) is 0. The number of esters is 1. The van der Waals surface area contributed by atoms with Crippen molar-refractivity contribution in [3.8, 4) is 0 Å². The molecule has 0 amide bonds. The quantitative estimate of drug-likeness (QED) is 0.717. The molecule has 15 heavy (non-hydrogen) atoms. The van der Waals surface area contributed by atoms with E-state index in [1.807, 2.05) is 0 Å². The first kappa shape index (κ1) is 10.2. The zero-order valence-electron chi connectivity index (χ0n) is 9.24. The molecule has 0 radical (unpaired) electrons. The lowest BCUT2D eigenvalue weighted by atomic mass is 10.1. The smallest absolute Gasteiger partial charge is 0.360 e. The van der Waals surface area contributed by atoms with Crippen molar-refractivity contribution in [3.05, 3.63) is 17.8 Å². The Morgan fingerprint density at radius 1 is 1.73 bits per heavy atom. The van der Waals surface area contributed by atoms with Gasteiger partial charge in [-0.05, 0) is 18.8 Å². The van der Waals surface area contributed by atoms with Crippen LogP contribution in [0.1, 0.15) is 49.4 Å². The molecule has 1 saturated carbocycles. The topological polar surface area (TPSA) is 52.3 Å². The van der Waals surface area contributed by atoms with Crippen molar-refractivity contribution in [2.45, 2.75) is 33.1 Å². The SMILES string of the molecule is CCOC(=O)c1ncoc1C1CC1(C)C. The Hall–Kier alpha value is -1.32. The molecule has 1 heterocycles. The van der Waals surface area contributed by atoms with E-state index in [1.165, 1.54) is 6.39 Å². The van der Waals surface area contributed by atoms with Gasteiger partial charge in [0.15, 0.2) is 12.1 Å². The lowest BCUT2D eigenvalue weighted by Crippen LogP contribution is -2.08. The lowest BCUT2D eigenvalue weighted by Gasteiger charge is -2.02. The van der Waals surface area contributed by atoms with Crippen molar-refractivity contribution in [2.24, 2.45) is 5.41 Å². The van der Waals surface area contributed by atoms with Gasteiger partial charge in [0.2, 0.25) is 0 Å². The minimum atomic E-state index is -0.385. The minimum Gasteiger partial charge on any atom is -0.461 e. The summed E-state index contributed by atoms with van der Waals surface area (Å²) in [5, 5.41) is 0. The molecule has 0 spiro atoms. The number of aromatic nitrogens is 1. The second kappa shape index (κ2) is 3.36. The molecule has 1 unspecified atom stereocenters. The number of rotatable bonds is 3. The molecule has 0 aliphatic heterocycles. The van der Waals surface area contributed by atoms with Crippen LogP contribution in [0.2, 0.25) is 0 Å². The molecule has 0 aromatic carbocycles. The highest BCUT2D eigenvalue weighted by Gasteiger charge is 2.50. The summed E-state index contributed by atoms with van der Waals surface area (Å²) in [4.78, 5) is 15.4. The van der Waals surface area contributed by atoms with Gasteiger partial charge in [0.25, 0.3) is 0 Å². The lowest BCUT2D eigenvalue weighted by molar-refractivity contribution is 0.0517. The Kier molecular flexibility index (Phi) is 2.29. The molecule has 2 rings (SSSR count). The van der Waals surface area contributed by atoms with E-state index in [1.54, 1.807) is 6.92 Å². The first-order valence-corrected chi connectivity index (χ1v) is 5.16. The Labute approximate surface area is 88.6 Å². The van der Waals surface area contributed by atoms with Crippen LogP contribution in [0.3, 0.4) is 0 Å². The van der Waals surface area contributed by atoms with Crippen molar-refractivity contribution in [1.82, 2.24) is 4.98 Å². The van der Waals surface area contributed by atoms with Crippen molar-refractivity contribution in [2.75, 3.05) is 6.61 Å². The maximum atomic E-state index is 11.5. The number of ether oxygens (including phenoxy) is 1. The highest BCUT2D eigenvalue weighted by molar-refractivity contribution is 5.88. The maximum absolute atomic E-state index is 11.5. The number of carbonyl (C=O) groups is 1. The van der Waals surface area contributed by atoms with Crippen LogP contribution in [0.5, 0.6) is 0 Å². The fourth-order valence-electron chi connectivity index (χ4n) is 1.77. The average molecular weight is 209 g/mol. The molecular formula is C11H15NO3. The second-order valence-electron chi connectivity index (χ2n) is 4.53. The molecule has 4 heteroatoms. The fraction of sp³-hybridized carbons (Fsp3) is 0.636. The van der Waals surface area contributed by atoms with E-state index in [0.717, 1.165) is 6.42 Å². The van der Waals surface area contributed by atoms with Gasteiger partial charge in [0.05, 0.1) is 6.61 Å². The van der Waals surface area contributed by atoms with Crippen LogP contribution in [0.15, 0.2) is 10.8 Å². The van der Waals surface area contributed by atoms with Gasteiger partial charge in [-0.3, -0.25) is 0 Å². The Morgan fingerprint density at radius 2 is 2.40 bits per heavy atom. The highest BCUT2D eigenvalue weighted by atomic mass is 16.5. The van der Waals surface area contributed by atoms with Gasteiger partial charge in [-0.25, -0.2) is 9.78 Å². The van der Waals surface area contributed by atoms with Gasteiger partial charge in [0.1, 0.15) is 5.76 Å². The summed E-state index contributed by atoms with van der Waals surface area (Å²) >= 11 is 0. The average Bonchev–Trinajstić information content (AvgIpc) is 2.65. The summed E-state index contributed by atoms with van der Waals surface area (Å²) < 4.78 is 10.2. The third kappa shape index (κ3) is 1.76. The van der Waals surface area contributed by atoms with Crippen LogP contribution in [0.4, 0.5) is 0 Å². The third-order valence-electron chi connectivity index (χ3n) is 2.89. The molecule has 1 aliphatic carbocycles. The molecule has 1 atom stereocenters. The molecule has 1 aromatic heterocycles. The first-order chi connectivity index (χ1) is 7.06. The van der Waals surface area contributed by atoms with Crippen LogP contribution in [-0.4, -0.2) is 17.6 Å². The Balaban J connectivity index is 2.20. The number of oxazole rings is 1. The van der Waals surface area contributed by atoms with E-state index in [-0.39, 0.29) is 11.4 Å². The summed E-state index contributed by atoms with van der Waals surface area (Å²) in [5.74, 6) is 0.599. The number of nitrogens with zero attached hydrogens (tertiary/aromatic N) is 1. The van der Waals surface area contributed by atoms with E-state index in [2.05, 4.69) is 18.8 Å². The molecule has 4 nitrogen and oxygen atoms in total. The number of hydrogen-bond acceptors (Lipinski definition) is 4. The minimum absolute atomic E-state index is 0.223. The molecular weight excluding hydrogens is 194 g/mol. The summed E-state index contributed by atoms with van der Waals surface area (Å²) in [6.07, 6.45) is 2.35. The fourth-order valence-corrected chi connectivity index (χ4v) is 1.77. The van der Waals surface area contributed by atoms with Crippen LogP contribution in [-0.2, 0) is 4.74 Å². The molecule has 0 N–H and O–H groups in total. The molecule has 82 valence electrons. The van der Waals surface area contributed by atoms with Crippen LogP contribution in [0.25, 0.3) is 0 Å². The van der Waals surface area contributed by atoms with Crippen molar-refractivity contribution in [3.63, 3.8) is 0 Å². The molecule has 1 fully saturated rings. The van der Waals surface area contributed by atoms with Gasteiger partial charge < -0.3 is 9.15 Å². The van der Waals surface area contributed by atoms with Gasteiger partial charge >= 0.3 is 5.97 Å². The standard InChI is InChI=1S/C11H15NO3/c1-4-14-10(13)8-9(15-6-12-8)7-5-11(7,2)3/h6-7H,4-5H2,1-3H3. The second-order valence-corrected chi connectivity index (χ2v) is 4.53. The van der Waals surface area contributed by atoms with E-state index in [9.17, 15) is 4.79 Å². The molecule has 0 bridgehead atoms. The van der Waals surface area contributed by atoms with Gasteiger partial charge in [-0.15, -0.1) is 0 Å². The molecule has 1 aliphatic rings. The van der Waals surface area contributed by atoms with Gasteiger partial charge in [0, 0.05) is 5.92 Å². The zero-order chi connectivity index (χ0) is 11.1. The molecule has 1 aromatic rings. The predicted molar refractivity (Wildman–Crippen MR) is 53.6 cm³/mol. The highest BCUT2D eigenvalue weighted by Crippen LogP contribution is 2.59. The van der Waals surface area contributed by atoms with E-state index in [0.29, 0.717) is 24.0 Å². The normalized spacial score (nSPS) is 22.5. The van der Waals surface area contributed by atoms with Crippen LogP contribution < -0.4 is 0 Å². The van der Waals surface area contributed by atoms with E-state index in [4.69, 9.17) is 9.15 Å². The van der Waals surface area contributed by atoms with E-state index < -0.39 is 0 Å². The third-order valence-corrected chi connectivity index (χ3v) is 2.89. The zero-order valence-corrected chi connectivity index (χ0v) is 9.24.